The number of pyridine rings is 1. The molecule has 0 atom stereocenters. The van der Waals surface area contributed by atoms with Crippen molar-refractivity contribution < 1.29 is 4.79 Å². The van der Waals surface area contributed by atoms with Gasteiger partial charge in [0, 0.05) is 23.6 Å². The van der Waals surface area contributed by atoms with Crippen molar-refractivity contribution in [3.05, 3.63) is 96.9 Å². The molecule has 2 aromatic carbocycles. The van der Waals surface area contributed by atoms with E-state index in [4.69, 9.17) is 0 Å². The minimum atomic E-state index is -0.347. The number of nitrogens with one attached hydrogen (secondary N) is 1. The van der Waals surface area contributed by atoms with E-state index in [1.165, 1.54) is 5.56 Å². The molecule has 0 saturated carbocycles. The van der Waals surface area contributed by atoms with Gasteiger partial charge in [-0.3, -0.25) is 9.59 Å². The number of nitrogens with zero attached hydrogens (tertiary/aromatic N) is 1. The molecule has 0 unspecified atom stereocenters. The quantitative estimate of drug-likeness (QED) is 0.411. The maximum atomic E-state index is 13.4. The van der Waals surface area contributed by atoms with Gasteiger partial charge in [0.1, 0.15) is 5.56 Å². The fourth-order valence-corrected chi connectivity index (χ4v) is 4.93. The number of aryl methyl sites for hydroxylation is 3. The number of para-hydroxylation sites is 1. The number of carbonyl (C=O) groups excluding carboxylic acids is 1. The number of anilines is 1. The zero-order chi connectivity index (χ0) is 23.3. The van der Waals surface area contributed by atoms with Gasteiger partial charge in [-0.15, -0.1) is 0 Å². The number of halogens is 1. The third-order valence-electron chi connectivity index (χ3n) is 6.04. The second-order valence-electron chi connectivity index (χ2n) is 7.90. The van der Waals surface area contributed by atoms with Crippen LogP contribution in [0.15, 0.2) is 57.8 Å². The fraction of sp³-hybridized carbons (Fsp3) is 0.333. The van der Waals surface area contributed by atoms with Crippen molar-refractivity contribution >= 4 is 27.5 Å². The molecule has 0 aliphatic heterocycles. The lowest BCUT2D eigenvalue weighted by Crippen LogP contribution is -2.30. The second kappa shape index (κ2) is 10.8. The Labute approximate surface area is 198 Å². The fourth-order valence-electron chi connectivity index (χ4n) is 4.24. The van der Waals surface area contributed by atoms with Crippen LogP contribution in [0.3, 0.4) is 0 Å². The van der Waals surface area contributed by atoms with Gasteiger partial charge in [0.25, 0.3) is 5.91 Å². The van der Waals surface area contributed by atoms with Gasteiger partial charge in [-0.05, 0) is 65.2 Å². The third kappa shape index (κ3) is 4.88. The van der Waals surface area contributed by atoms with Crippen molar-refractivity contribution in [1.29, 1.82) is 0 Å². The molecule has 0 bridgehead atoms. The Bertz CT molecular complexity index is 1140. The molecule has 0 aliphatic carbocycles. The Morgan fingerprint density at radius 3 is 2.12 bits per heavy atom. The lowest BCUT2D eigenvalue weighted by molar-refractivity contribution is 0.102. The van der Waals surface area contributed by atoms with Crippen molar-refractivity contribution in [3.63, 3.8) is 0 Å². The summed E-state index contributed by atoms with van der Waals surface area (Å²) in [6.07, 6.45) is 3.14. The Morgan fingerprint density at radius 1 is 0.938 bits per heavy atom. The number of hydrogen-bond acceptors (Lipinski definition) is 2. The molecule has 0 radical (unpaired) electrons. The van der Waals surface area contributed by atoms with Crippen LogP contribution in [0.1, 0.15) is 59.2 Å². The highest BCUT2D eigenvalue weighted by molar-refractivity contribution is 9.10. The molecule has 32 heavy (non-hydrogen) atoms. The van der Waals surface area contributed by atoms with Crippen LogP contribution in [-0.2, 0) is 32.2 Å². The van der Waals surface area contributed by atoms with Crippen molar-refractivity contribution in [2.45, 2.75) is 59.9 Å². The van der Waals surface area contributed by atoms with E-state index in [0.717, 1.165) is 41.8 Å². The van der Waals surface area contributed by atoms with Crippen LogP contribution >= 0.6 is 15.9 Å². The normalized spacial score (nSPS) is 10.9. The minimum absolute atomic E-state index is 0.204. The minimum Gasteiger partial charge on any atom is -0.346 e. The van der Waals surface area contributed by atoms with Gasteiger partial charge < -0.3 is 9.88 Å². The first-order chi connectivity index (χ1) is 15.4. The van der Waals surface area contributed by atoms with Crippen LogP contribution in [-0.4, -0.2) is 10.5 Å². The Balaban J connectivity index is 2.04. The average Bonchev–Trinajstić information content (AvgIpc) is 2.81. The molecule has 0 aliphatic rings. The summed E-state index contributed by atoms with van der Waals surface area (Å²) in [6.45, 7) is 8.74. The standard InChI is InChI=1S/C27H31BrN2O2/c1-5-20-14-11-15-21(6-2)25(20)29-27(32)23-18(4)30(22(7-3)24(28)26(23)31)17-16-19-12-9-8-10-13-19/h8-15H,5-7,16-17H2,1-4H3,(H,29,32). The molecular formula is C27H31BrN2O2. The Hall–Kier alpha value is -2.66. The van der Waals surface area contributed by atoms with Gasteiger partial charge in [0.15, 0.2) is 0 Å². The van der Waals surface area contributed by atoms with Gasteiger partial charge in [0.2, 0.25) is 5.43 Å². The summed E-state index contributed by atoms with van der Waals surface area (Å²) in [5.41, 5.74) is 5.77. The SMILES string of the molecule is CCc1cccc(CC)c1NC(=O)c1c(C)n(CCc2ccccc2)c(CC)c(Br)c1=O. The third-order valence-corrected chi connectivity index (χ3v) is 6.86. The molecule has 0 spiro atoms. The molecular weight excluding hydrogens is 464 g/mol. The smallest absolute Gasteiger partial charge is 0.261 e. The van der Waals surface area contributed by atoms with Gasteiger partial charge in [0.05, 0.1) is 4.47 Å². The molecule has 5 heteroatoms. The summed E-state index contributed by atoms with van der Waals surface area (Å²) in [5, 5.41) is 3.07. The monoisotopic (exact) mass is 494 g/mol. The maximum Gasteiger partial charge on any atom is 0.261 e. The average molecular weight is 495 g/mol. The zero-order valence-corrected chi connectivity index (χ0v) is 20.9. The second-order valence-corrected chi connectivity index (χ2v) is 8.70. The summed E-state index contributed by atoms with van der Waals surface area (Å²) in [6, 6.07) is 16.3. The van der Waals surface area contributed by atoms with E-state index in [0.29, 0.717) is 23.1 Å². The topological polar surface area (TPSA) is 51.1 Å². The first-order valence-corrected chi connectivity index (χ1v) is 12.1. The number of hydrogen-bond donors (Lipinski definition) is 1. The predicted octanol–water partition coefficient (Wildman–Crippen LogP) is 6.10. The number of aromatic nitrogens is 1. The van der Waals surface area contributed by atoms with E-state index in [1.807, 2.05) is 50.2 Å². The molecule has 3 aromatic rings. The molecule has 1 N–H and O–H groups in total. The number of carbonyl (C=O) groups is 1. The van der Waals surface area contributed by atoms with Crippen LogP contribution in [0.2, 0.25) is 0 Å². The maximum absolute atomic E-state index is 13.4. The first-order valence-electron chi connectivity index (χ1n) is 11.3. The molecule has 3 rings (SSSR count). The number of benzene rings is 2. The van der Waals surface area contributed by atoms with Gasteiger partial charge >= 0.3 is 0 Å². The highest BCUT2D eigenvalue weighted by Gasteiger charge is 2.23. The number of rotatable bonds is 8. The van der Waals surface area contributed by atoms with E-state index in [2.05, 4.69) is 51.8 Å². The largest absolute Gasteiger partial charge is 0.346 e. The van der Waals surface area contributed by atoms with E-state index in [9.17, 15) is 9.59 Å². The van der Waals surface area contributed by atoms with Crippen molar-refractivity contribution in [3.8, 4) is 0 Å². The predicted molar refractivity (Wildman–Crippen MR) is 136 cm³/mol. The molecule has 1 heterocycles. The molecule has 168 valence electrons. The van der Waals surface area contributed by atoms with Gasteiger partial charge in [-0.1, -0.05) is 69.3 Å². The van der Waals surface area contributed by atoms with Crippen LogP contribution in [0.25, 0.3) is 0 Å². The lowest BCUT2D eigenvalue weighted by Gasteiger charge is -2.21. The highest BCUT2D eigenvalue weighted by Crippen LogP contribution is 2.25. The van der Waals surface area contributed by atoms with Gasteiger partial charge in [-0.2, -0.15) is 0 Å². The Morgan fingerprint density at radius 2 is 1.56 bits per heavy atom. The summed E-state index contributed by atoms with van der Waals surface area (Å²) < 4.78 is 2.59. The van der Waals surface area contributed by atoms with E-state index in [-0.39, 0.29) is 16.9 Å². The van der Waals surface area contributed by atoms with E-state index in [1.54, 1.807) is 0 Å². The highest BCUT2D eigenvalue weighted by atomic mass is 79.9. The van der Waals surface area contributed by atoms with Crippen LogP contribution in [0.5, 0.6) is 0 Å². The summed E-state index contributed by atoms with van der Waals surface area (Å²) >= 11 is 3.50. The lowest BCUT2D eigenvalue weighted by atomic mass is 10.0. The summed E-state index contributed by atoms with van der Waals surface area (Å²) in [4.78, 5) is 26.6. The zero-order valence-electron chi connectivity index (χ0n) is 19.3. The van der Waals surface area contributed by atoms with Crippen LogP contribution in [0.4, 0.5) is 5.69 Å². The van der Waals surface area contributed by atoms with Crippen molar-refractivity contribution in [2.24, 2.45) is 0 Å². The summed E-state index contributed by atoms with van der Waals surface area (Å²) in [7, 11) is 0. The van der Waals surface area contributed by atoms with Crippen molar-refractivity contribution in [1.82, 2.24) is 4.57 Å². The van der Waals surface area contributed by atoms with Crippen molar-refractivity contribution in [2.75, 3.05) is 5.32 Å². The molecule has 1 amide bonds. The number of amides is 1. The first kappa shape index (κ1) is 24.0. The van der Waals surface area contributed by atoms with Crippen LogP contribution < -0.4 is 10.7 Å². The van der Waals surface area contributed by atoms with E-state index < -0.39 is 0 Å². The molecule has 4 nitrogen and oxygen atoms in total. The van der Waals surface area contributed by atoms with E-state index >= 15 is 0 Å². The molecule has 0 fully saturated rings. The molecule has 1 aromatic heterocycles. The summed E-state index contributed by atoms with van der Waals surface area (Å²) in [5.74, 6) is -0.347. The Kier molecular flexibility index (Phi) is 8.08. The van der Waals surface area contributed by atoms with Gasteiger partial charge in [-0.25, -0.2) is 0 Å². The molecule has 0 saturated heterocycles. The van der Waals surface area contributed by atoms with Crippen LogP contribution in [0, 0.1) is 6.92 Å².